The molecule has 0 fully saturated rings. The lowest BCUT2D eigenvalue weighted by Crippen LogP contribution is -2.38. The second-order valence-corrected chi connectivity index (χ2v) is 3.18. The quantitative estimate of drug-likeness (QED) is 0.775. The van der Waals surface area contributed by atoms with Gasteiger partial charge >= 0.3 is 6.18 Å². The Hall–Kier alpha value is -1.15. The summed E-state index contributed by atoms with van der Waals surface area (Å²) in [6, 6.07) is 0. The van der Waals surface area contributed by atoms with Gasteiger partial charge < -0.3 is 10.4 Å². The zero-order valence-corrected chi connectivity index (χ0v) is 8.70. The minimum absolute atomic E-state index is 0.140. The summed E-state index contributed by atoms with van der Waals surface area (Å²) in [5.74, 6) is 0.539. The number of aromatic nitrogens is 3. The number of hydrogen-bond acceptors (Lipinski definition) is 4. The first-order valence-electron chi connectivity index (χ1n) is 4.77. The third-order valence-electron chi connectivity index (χ3n) is 1.99. The molecule has 16 heavy (non-hydrogen) atoms. The van der Waals surface area contributed by atoms with Crippen LogP contribution in [0.1, 0.15) is 12.7 Å². The molecule has 2 N–H and O–H groups in total. The number of aryl methyl sites for hydroxylation is 1. The van der Waals surface area contributed by atoms with Crippen LogP contribution in [-0.2, 0) is 13.1 Å². The van der Waals surface area contributed by atoms with Gasteiger partial charge in [-0.05, 0) is 6.92 Å². The number of aliphatic hydroxyl groups excluding tert-OH is 1. The Labute approximate surface area is 90.3 Å². The van der Waals surface area contributed by atoms with Crippen LogP contribution in [-0.4, -0.2) is 38.7 Å². The van der Waals surface area contributed by atoms with Crippen LogP contribution in [0.25, 0.3) is 0 Å². The predicted molar refractivity (Wildman–Crippen MR) is 49.5 cm³/mol. The van der Waals surface area contributed by atoms with Gasteiger partial charge in [-0.15, -0.1) is 0 Å². The predicted octanol–water partition coefficient (Wildman–Crippen LogP) is 0.311. The maximum absolute atomic E-state index is 11.9. The average Bonchev–Trinajstić information content (AvgIpc) is 2.63. The lowest BCUT2D eigenvalue weighted by Gasteiger charge is -2.14. The Bertz CT molecular complexity index is 325. The SMILES string of the molecule is CCn1ncnc1CNCC(O)C(F)(F)F. The van der Waals surface area contributed by atoms with Crippen molar-refractivity contribution in [2.24, 2.45) is 0 Å². The summed E-state index contributed by atoms with van der Waals surface area (Å²) in [5.41, 5.74) is 0. The van der Waals surface area contributed by atoms with E-state index in [2.05, 4.69) is 15.4 Å². The highest BCUT2D eigenvalue weighted by atomic mass is 19.4. The van der Waals surface area contributed by atoms with E-state index in [0.717, 1.165) is 0 Å². The molecule has 0 amide bonds. The van der Waals surface area contributed by atoms with Gasteiger partial charge in [0.25, 0.3) is 0 Å². The molecule has 0 aliphatic rings. The van der Waals surface area contributed by atoms with Crippen molar-refractivity contribution in [1.29, 1.82) is 0 Å². The third-order valence-corrected chi connectivity index (χ3v) is 1.99. The normalized spacial score (nSPS) is 14.1. The van der Waals surface area contributed by atoms with Gasteiger partial charge in [-0.1, -0.05) is 0 Å². The summed E-state index contributed by atoms with van der Waals surface area (Å²) in [5, 5.41) is 15.0. The Balaban J connectivity index is 2.36. The Morgan fingerprint density at radius 2 is 2.25 bits per heavy atom. The number of halogens is 3. The first-order valence-corrected chi connectivity index (χ1v) is 4.77. The maximum atomic E-state index is 11.9. The zero-order valence-electron chi connectivity index (χ0n) is 8.70. The minimum atomic E-state index is -4.59. The molecule has 92 valence electrons. The van der Waals surface area contributed by atoms with Crippen molar-refractivity contribution in [3.63, 3.8) is 0 Å². The average molecular weight is 238 g/mol. The van der Waals surface area contributed by atoms with Crippen LogP contribution in [0.4, 0.5) is 13.2 Å². The summed E-state index contributed by atoms with van der Waals surface area (Å²) in [6.07, 6.45) is -5.61. The molecule has 0 aliphatic heterocycles. The van der Waals surface area contributed by atoms with E-state index in [9.17, 15) is 13.2 Å². The fourth-order valence-corrected chi connectivity index (χ4v) is 1.13. The number of rotatable bonds is 5. The number of hydrogen-bond donors (Lipinski definition) is 2. The van der Waals surface area contributed by atoms with Gasteiger partial charge in [-0.2, -0.15) is 18.3 Å². The van der Waals surface area contributed by atoms with Crippen LogP contribution >= 0.6 is 0 Å². The first-order chi connectivity index (χ1) is 7.45. The second-order valence-electron chi connectivity index (χ2n) is 3.18. The first kappa shape index (κ1) is 12.9. The fraction of sp³-hybridized carbons (Fsp3) is 0.750. The van der Waals surface area contributed by atoms with E-state index in [0.29, 0.717) is 12.4 Å². The van der Waals surface area contributed by atoms with Gasteiger partial charge in [-0.3, -0.25) is 0 Å². The van der Waals surface area contributed by atoms with E-state index in [1.807, 2.05) is 6.92 Å². The molecule has 0 bridgehead atoms. The van der Waals surface area contributed by atoms with Gasteiger partial charge in [0.05, 0.1) is 6.54 Å². The second kappa shape index (κ2) is 5.26. The topological polar surface area (TPSA) is 63.0 Å². The van der Waals surface area contributed by atoms with E-state index in [4.69, 9.17) is 5.11 Å². The van der Waals surface area contributed by atoms with E-state index in [1.54, 1.807) is 4.68 Å². The van der Waals surface area contributed by atoms with Crippen LogP contribution < -0.4 is 5.32 Å². The Kier molecular flexibility index (Phi) is 4.25. The van der Waals surface area contributed by atoms with Crippen molar-refractivity contribution >= 4 is 0 Å². The molecule has 1 rings (SSSR count). The monoisotopic (exact) mass is 238 g/mol. The highest BCUT2D eigenvalue weighted by Crippen LogP contribution is 2.19. The van der Waals surface area contributed by atoms with E-state index < -0.39 is 18.8 Å². The van der Waals surface area contributed by atoms with E-state index >= 15 is 0 Å². The smallest absolute Gasteiger partial charge is 0.382 e. The van der Waals surface area contributed by atoms with Crippen molar-refractivity contribution in [2.45, 2.75) is 32.3 Å². The van der Waals surface area contributed by atoms with Crippen molar-refractivity contribution in [3.8, 4) is 0 Å². The molecule has 1 atom stereocenters. The van der Waals surface area contributed by atoms with Gasteiger partial charge in [0.15, 0.2) is 6.10 Å². The summed E-state index contributed by atoms with van der Waals surface area (Å²) in [6.45, 7) is 2.03. The minimum Gasteiger partial charge on any atom is -0.382 e. The Morgan fingerprint density at radius 1 is 1.56 bits per heavy atom. The van der Waals surface area contributed by atoms with Gasteiger partial charge in [0, 0.05) is 13.1 Å². The number of alkyl halides is 3. The molecule has 0 saturated heterocycles. The molecule has 0 aliphatic carbocycles. The molecule has 1 aromatic rings. The standard InChI is InChI=1S/C8H13F3N4O/c1-2-15-7(13-5-14-15)4-12-3-6(16)8(9,10)11/h5-6,12,16H,2-4H2,1H3. The third kappa shape index (κ3) is 3.46. The van der Waals surface area contributed by atoms with Gasteiger partial charge in [0.2, 0.25) is 0 Å². The number of aliphatic hydroxyl groups is 1. The van der Waals surface area contributed by atoms with Crippen LogP contribution in [0.2, 0.25) is 0 Å². The summed E-state index contributed by atoms with van der Waals surface area (Å²) < 4.78 is 37.4. The molecule has 1 aromatic heterocycles. The highest BCUT2D eigenvalue weighted by Gasteiger charge is 2.37. The van der Waals surface area contributed by atoms with Crippen molar-refractivity contribution in [3.05, 3.63) is 12.2 Å². The summed E-state index contributed by atoms with van der Waals surface area (Å²) in [4.78, 5) is 3.87. The van der Waals surface area contributed by atoms with Crippen LogP contribution in [0.3, 0.4) is 0 Å². The molecule has 5 nitrogen and oxygen atoms in total. The maximum Gasteiger partial charge on any atom is 0.415 e. The molecule has 0 spiro atoms. The van der Waals surface area contributed by atoms with E-state index in [-0.39, 0.29) is 6.54 Å². The lowest BCUT2D eigenvalue weighted by molar-refractivity contribution is -0.201. The Morgan fingerprint density at radius 3 is 2.81 bits per heavy atom. The largest absolute Gasteiger partial charge is 0.415 e. The zero-order chi connectivity index (χ0) is 12.2. The highest BCUT2D eigenvalue weighted by molar-refractivity contribution is 4.84. The van der Waals surface area contributed by atoms with Gasteiger partial charge in [0.1, 0.15) is 12.2 Å². The van der Waals surface area contributed by atoms with Crippen LogP contribution in [0.15, 0.2) is 6.33 Å². The molecule has 1 unspecified atom stereocenters. The van der Waals surface area contributed by atoms with Crippen molar-refractivity contribution in [1.82, 2.24) is 20.1 Å². The molecule has 0 aromatic carbocycles. The molecule has 0 saturated carbocycles. The molecule has 8 heteroatoms. The fourth-order valence-electron chi connectivity index (χ4n) is 1.13. The van der Waals surface area contributed by atoms with Crippen molar-refractivity contribution in [2.75, 3.05) is 6.54 Å². The molecular formula is C8H13F3N4O. The molecule has 1 heterocycles. The number of nitrogens with zero attached hydrogens (tertiary/aromatic N) is 3. The van der Waals surface area contributed by atoms with Crippen LogP contribution in [0.5, 0.6) is 0 Å². The number of nitrogens with one attached hydrogen (secondary N) is 1. The molecule has 0 radical (unpaired) electrons. The van der Waals surface area contributed by atoms with Gasteiger partial charge in [-0.25, -0.2) is 9.67 Å². The lowest BCUT2D eigenvalue weighted by atomic mass is 10.3. The van der Waals surface area contributed by atoms with Crippen LogP contribution in [0, 0.1) is 0 Å². The molecular weight excluding hydrogens is 225 g/mol. The summed E-state index contributed by atoms with van der Waals surface area (Å²) >= 11 is 0. The van der Waals surface area contributed by atoms with Crippen molar-refractivity contribution < 1.29 is 18.3 Å². The summed E-state index contributed by atoms with van der Waals surface area (Å²) in [7, 11) is 0. The van der Waals surface area contributed by atoms with E-state index in [1.165, 1.54) is 6.33 Å².